The van der Waals surface area contributed by atoms with Gasteiger partial charge in [-0.1, -0.05) is 49.1 Å². The Hall–Kier alpha value is -3.17. The number of aromatic nitrogens is 2. The Morgan fingerprint density at radius 1 is 1.22 bits per heavy atom. The number of anilines is 1. The summed E-state index contributed by atoms with van der Waals surface area (Å²) in [7, 11) is 1.62. The lowest BCUT2D eigenvalue weighted by Crippen LogP contribution is -2.37. The maximum absolute atomic E-state index is 13.7. The van der Waals surface area contributed by atoms with Crippen molar-refractivity contribution in [1.29, 1.82) is 0 Å². The van der Waals surface area contributed by atoms with Crippen LogP contribution in [0.15, 0.2) is 52.3 Å². The summed E-state index contributed by atoms with van der Waals surface area (Å²) >= 11 is 6.78. The van der Waals surface area contributed by atoms with E-state index in [4.69, 9.17) is 21.9 Å². The number of methoxy groups -OCH3 is 1. The third kappa shape index (κ3) is 4.65. The molecule has 0 spiro atoms. The first kappa shape index (κ1) is 24.5. The van der Waals surface area contributed by atoms with Crippen LogP contribution in [-0.4, -0.2) is 44.7 Å². The predicted molar refractivity (Wildman–Crippen MR) is 149 cm³/mol. The number of carbonyl (C=O) groups excluding carboxylic acids is 1. The average molecular weight is 521 g/mol. The molecule has 0 aliphatic carbocycles. The molecule has 2 aliphatic heterocycles. The highest BCUT2D eigenvalue weighted by molar-refractivity contribution is 8.26. The zero-order valence-corrected chi connectivity index (χ0v) is 22.2. The number of thioether (sulfide) groups is 1. The maximum atomic E-state index is 13.7. The number of thiocarbonyl (C=S) groups is 1. The lowest BCUT2D eigenvalue weighted by atomic mass is 10.00. The topological polar surface area (TPSA) is 67.2 Å². The second-order valence-corrected chi connectivity index (χ2v) is 11.0. The minimum absolute atomic E-state index is 0.183. The molecule has 0 N–H and O–H groups in total. The Bertz CT molecular complexity index is 1430. The van der Waals surface area contributed by atoms with Crippen LogP contribution in [0.3, 0.4) is 0 Å². The number of fused-ring (bicyclic) bond motifs is 1. The number of aryl methyl sites for hydroxylation is 1. The van der Waals surface area contributed by atoms with Crippen molar-refractivity contribution in [3.63, 3.8) is 0 Å². The van der Waals surface area contributed by atoms with E-state index in [1.54, 1.807) is 28.7 Å². The fourth-order valence-corrected chi connectivity index (χ4v) is 5.97. The molecule has 4 heterocycles. The number of rotatable bonds is 5. The van der Waals surface area contributed by atoms with Crippen LogP contribution in [0, 0.1) is 12.8 Å². The monoisotopic (exact) mass is 520 g/mol. The van der Waals surface area contributed by atoms with Gasteiger partial charge in [0.05, 0.1) is 24.1 Å². The third-order valence-electron chi connectivity index (χ3n) is 6.67. The van der Waals surface area contributed by atoms with Crippen molar-refractivity contribution < 1.29 is 9.53 Å². The molecule has 36 heavy (non-hydrogen) atoms. The summed E-state index contributed by atoms with van der Waals surface area (Å²) in [4.78, 5) is 36.3. The first-order valence-corrected chi connectivity index (χ1v) is 13.2. The van der Waals surface area contributed by atoms with Crippen molar-refractivity contribution in [2.45, 2.75) is 33.2 Å². The highest BCUT2D eigenvalue weighted by atomic mass is 32.2. The van der Waals surface area contributed by atoms with E-state index in [-0.39, 0.29) is 11.5 Å². The van der Waals surface area contributed by atoms with Crippen molar-refractivity contribution in [3.8, 4) is 5.75 Å². The lowest BCUT2D eigenvalue weighted by Gasteiger charge is -2.32. The van der Waals surface area contributed by atoms with E-state index in [1.807, 2.05) is 43.3 Å². The van der Waals surface area contributed by atoms with Crippen molar-refractivity contribution in [1.82, 2.24) is 14.3 Å². The zero-order valence-electron chi connectivity index (χ0n) is 20.6. The minimum Gasteiger partial charge on any atom is -0.497 e. The number of pyridine rings is 1. The maximum Gasteiger partial charge on any atom is 0.267 e. The van der Waals surface area contributed by atoms with E-state index in [0.29, 0.717) is 38.7 Å². The van der Waals surface area contributed by atoms with Gasteiger partial charge in [0.2, 0.25) is 0 Å². The molecule has 186 valence electrons. The molecule has 1 aromatic carbocycles. The molecule has 2 aromatic heterocycles. The molecule has 1 amide bonds. The summed E-state index contributed by atoms with van der Waals surface area (Å²) in [5, 5.41) is 0. The van der Waals surface area contributed by atoms with Crippen molar-refractivity contribution in [3.05, 3.63) is 74.5 Å². The first-order chi connectivity index (χ1) is 17.4. The van der Waals surface area contributed by atoms with Gasteiger partial charge in [0.25, 0.3) is 11.5 Å². The average Bonchev–Trinajstić information content (AvgIpc) is 3.13. The first-order valence-electron chi connectivity index (χ1n) is 12.0. The SMILES string of the molecule is COc1ccc(CN2C(=O)C(=Cc3c(N4CCCC(C)C4)nc4c(C)cccn4c3=O)SC2=S)cc1. The number of hydrogen-bond donors (Lipinski definition) is 0. The van der Waals surface area contributed by atoms with Crippen LogP contribution < -0.4 is 15.2 Å². The Morgan fingerprint density at radius 3 is 2.72 bits per heavy atom. The van der Waals surface area contributed by atoms with Gasteiger partial charge in [0.1, 0.15) is 21.5 Å². The lowest BCUT2D eigenvalue weighted by molar-refractivity contribution is -0.122. The number of ether oxygens (including phenoxy) is 1. The summed E-state index contributed by atoms with van der Waals surface area (Å²) in [5.74, 6) is 1.70. The molecule has 0 radical (unpaired) electrons. The fourth-order valence-electron chi connectivity index (χ4n) is 4.73. The Labute approximate surface area is 219 Å². The number of amides is 1. The van der Waals surface area contributed by atoms with Gasteiger partial charge in [0, 0.05) is 19.3 Å². The van der Waals surface area contributed by atoms with E-state index < -0.39 is 0 Å². The summed E-state index contributed by atoms with van der Waals surface area (Å²) in [5.41, 5.74) is 2.76. The Kier molecular flexibility index (Phi) is 6.85. The number of nitrogens with zero attached hydrogens (tertiary/aromatic N) is 4. The number of carbonyl (C=O) groups is 1. The standard InChI is InChI=1S/C27H28N4O3S2/c1-17-6-4-12-29(15-17)24-21(25(32)30-13-5-7-18(2)23(30)28-24)14-22-26(33)31(27(35)36-22)16-19-8-10-20(34-3)11-9-19/h5,7-11,13-14,17H,4,6,12,15-16H2,1-3H3. The summed E-state index contributed by atoms with van der Waals surface area (Å²) in [6.07, 6.45) is 5.61. The molecule has 9 heteroatoms. The van der Waals surface area contributed by atoms with Gasteiger partial charge in [-0.15, -0.1) is 0 Å². The molecular formula is C27H28N4O3S2. The van der Waals surface area contributed by atoms with Gasteiger partial charge in [-0.05, 0) is 61.1 Å². The Morgan fingerprint density at radius 2 is 2.00 bits per heavy atom. The van der Waals surface area contributed by atoms with Crippen molar-refractivity contribution in [2.24, 2.45) is 5.92 Å². The third-order valence-corrected chi connectivity index (χ3v) is 8.05. The number of benzene rings is 1. The zero-order chi connectivity index (χ0) is 25.4. The van der Waals surface area contributed by atoms with E-state index in [0.717, 1.165) is 42.8 Å². The van der Waals surface area contributed by atoms with Crippen molar-refractivity contribution >= 4 is 51.7 Å². The fraction of sp³-hybridized carbons (Fsp3) is 0.333. The van der Waals surface area contributed by atoms with E-state index in [2.05, 4.69) is 11.8 Å². The Balaban J connectivity index is 1.55. The van der Waals surface area contributed by atoms with Crippen LogP contribution in [0.1, 0.15) is 36.5 Å². The van der Waals surface area contributed by atoms with E-state index >= 15 is 0 Å². The van der Waals surface area contributed by atoms with Gasteiger partial charge < -0.3 is 9.64 Å². The normalized spacial score (nSPS) is 19.5. The smallest absolute Gasteiger partial charge is 0.267 e. The molecule has 0 bridgehead atoms. The second-order valence-electron chi connectivity index (χ2n) is 9.35. The molecular weight excluding hydrogens is 492 g/mol. The van der Waals surface area contributed by atoms with Gasteiger partial charge >= 0.3 is 0 Å². The van der Waals surface area contributed by atoms with Crippen molar-refractivity contribution in [2.75, 3.05) is 25.1 Å². The minimum atomic E-state index is -0.201. The van der Waals surface area contributed by atoms with Crippen LogP contribution in [0.25, 0.3) is 11.7 Å². The summed E-state index contributed by atoms with van der Waals surface area (Å²) < 4.78 is 7.26. The highest BCUT2D eigenvalue weighted by Crippen LogP contribution is 2.35. The molecule has 1 atom stereocenters. The number of piperidine rings is 1. The highest BCUT2D eigenvalue weighted by Gasteiger charge is 2.33. The van der Waals surface area contributed by atoms with E-state index in [1.165, 1.54) is 11.8 Å². The second kappa shape index (κ2) is 10.1. The molecule has 3 aromatic rings. The van der Waals surface area contributed by atoms with Crippen LogP contribution in [-0.2, 0) is 11.3 Å². The van der Waals surface area contributed by atoms with Crippen LogP contribution in [0.5, 0.6) is 5.75 Å². The van der Waals surface area contributed by atoms with Gasteiger partial charge in [0.15, 0.2) is 0 Å². The summed E-state index contributed by atoms with van der Waals surface area (Å²) in [6.45, 7) is 6.19. The van der Waals surface area contributed by atoms with Crippen LogP contribution in [0.4, 0.5) is 5.82 Å². The van der Waals surface area contributed by atoms with Gasteiger partial charge in [-0.25, -0.2) is 4.98 Å². The molecule has 5 rings (SSSR count). The molecule has 7 nitrogen and oxygen atoms in total. The van der Waals surface area contributed by atoms with Gasteiger partial charge in [-0.3, -0.25) is 18.9 Å². The largest absolute Gasteiger partial charge is 0.497 e. The van der Waals surface area contributed by atoms with Crippen LogP contribution >= 0.6 is 24.0 Å². The quantitative estimate of drug-likeness (QED) is 0.358. The number of hydrogen-bond acceptors (Lipinski definition) is 7. The molecule has 2 aliphatic rings. The van der Waals surface area contributed by atoms with Gasteiger partial charge in [-0.2, -0.15) is 0 Å². The predicted octanol–water partition coefficient (Wildman–Crippen LogP) is 4.65. The molecule has 2 fully saturated rings. The van der Waals surface area contributed by atoms with Crippen LogP contribution in [0.2, 0.25) is 0 Å². The molecule has 0 saturated carbocycles. The molecule has 1 unspecified atom stereocenters. The summed E-state index contributed by atoms with van der Waals surface area (Å²) in [6, 6.07) is 11.3. The molecule has 2 saturated heterocycles. The van der Waals surface area contributed by atoms with E-state index in [9.17, 15) is 9.59 Å².